The van der Waals surface area contributed by atoms with E-state index < -0.39 is 54.9 Å². The lowest BCUT2D eigenvalue weighted by atomic mass is 9.98. The maximum Gasteiger partial charge on any atom is 0.251 e. The maximum absolute atomic E-state index is 14.8. The number of rotatable bonds is 6. The SMILES string of the molecule is CNC(=O)c1cc(C(=O)NC)cc(-c2ccc(O[C@H]3O[C@H](CO)[C@@H](O)[C@H](O)[C@@H]3O)c(F)c2)c1. The van der Waals surface area contributed by atoms with Crippen molar-refractivity contribution in [1.29, 1.82) is 0 Å². The van der Waals surface area contributed by atoms with Crippen LogP contribution in [0.15, 0.2) is 36.4 Å². The molecule has 5 atom stereocenters. The minimum atomic E-state index is -1.69. The topological polar surface area (TPSA) is 158 Å². The lowest BCUT2D eigenvalue weighted by molar-refractivity contribution is -0.277. The van der Waals surface area contributed by atoms with Crippen molar-refractivity contribution in [3.63, 3.8) is 0 Å². The largest absolute Gasteiger partial charge is 0.459 e. The first-order chi connectivity index (χ1) is 15.7. The molecule has 1 fully saturated rings. The zero-order chi connectivity index (χ0) is 24.3. The van der Waals surface area contributed by atoms with Gasteiger partial charge in [-0.25, -0.2) is 4.39 Å². The molecule has 0 saturated carbocycles. The molecule has 1 aliphatic rings. The molecule has 3 rings (SSSR count). The molecule has 1 saturated heterocycles. The molecule has 33 heavy (non-hydrogen) atoms. The number of nitrogens with one attached hydrogen (secondary N) is 2. The zero-order valence-corrected chi connectivity index (χ0v) is 17.9. The Morgan fingerprint density at radius 2 is 1.55 bits per heavy atom. The van der Waals surface area contributed by atoms with Crippen molar-refractivity contribution >= 4 is 11.8 Å². The Bertz CT molecular complexity index is 997. The third-order valence-electron chi connectivity index (χ3n) is 5.27. The average molecular weight is 464 g/mol. The Hall–Kier alpha value is -3.09. The normalized spacial score (nSPS) is 24.8. The van der Waals surface area contributed by atoms with Gasteiger partial charge in [0.25, 0.3) is 11.8 Å². The van der Waals surface area contributed by atoms with Crippen molar-refractivity contribution in [2.24, 2.45) is 0 Å². The highest BCUT2D eigenvalue weighted by molar-refractivity contribution is 6.01. The van der Waals surface area contributed by atoms with Gasteiger partial charge in [-0.15, -0.1) is 0 Å². The highest BCUT2D eigenvalue weighted by atomic mass is 19.1. The van der Waals surface area contributed by atoms with E-state index in [1.165, 1.54) is 44.4 Å². The molecule has 0 spiro atoms. The number of aliphatic hydroxyl groups is 4. The number of halogens is 1. The van der Waals surface area contributed by atoms with Crippen LogP contribution in [0.2, 0.25) is 0 Å². The fraction of sp³-hybridized carbons (Fsp3) is 0.364. The Balaban J connectivity index is 1.90. The molecule has 11 heteroatoms. The summed E-state index contributed by atoms with van der Waals surface area (Å²) in [7, 11) is 2.89. The summed E-state index contributed by atoms with van der Waals surface area (Å²) in [5.41, 5.74) is 1.14. The minimum Gasteiger partial charge on any atom is -0.459 e. The van der Waals surface area contributed by atoms with E-state index in [4.69, 9.17) is 9.47 Å². The Morgan fingerprint density at radius 3 is 2.06 bits per heavy atom. The van der Waals surface area contributed by atoms with Crippen LogP contribution >= 0.6 is 0 Å². The summed E-state index contributed by atoms with van der Waals surface area (Å²) in [5, 5.41) is 44.0. The fourth-order valence-corrected chi connectivity index (χ4v) is 3.41. The minimum absolute atomic E-state index is 0.204. The van der Waals surface area contributed by atoms with Gasteiger partial charge in [-0.2, -0.15) is 0 Å². The van der Waals surface area contributed by atoms with Gasteiger partial charge in [0, 0.05) is 25.2 Å². The molecule has 6 N–H and O–H groups in total. The smallest absolute Gasteiger partial charge is 0.251 e. The number of carbonyl (C=O) groups is 2. The highest BCUT2D eigenvalue weighted by Crippen LogP contribution is 2.30. The summed E-state index contributed by atoms with van der Waals surface area (Å²) in [6.07, 6.45) is -7.68. The number of hydrogen-bond acceptors (Lipinski definition) is 8. The number of benzene rings is 2. The molecule has 0 radical (unpaired) electrons. The highest BCUT2D eigenvalue weighted by Gasteiger charge is 2.44. The second-order valence-electron chi connectivity index (χ2n) is 7.42. The van der Waals surface area contributed by atoms with Crippen molar-refractivity contribution in [3.8, 4) is 16.9 Å². The number of aliphatic hydroxyl groups excluding tert-OH is 4. The molecular weight excluding hydrogens is 439 g/mol. The zero-order valence-electron chi connectivity index (χ0n) is 17.9. The quantitative estimate of drug-likeness (QED) is 0.331. The molecule has 1 aliphatic heterocycles. The summed E-state index contributed by atoms with van der Waals surface area (Å²) in [6, 6.07) is 8.23. The Labute approximate surface area is 188 Å². The number of hydrogen-bond donors (Lipinski definition) is 6. The predicted octanol–water partition coefficient (Wildman–Crippen LogP) is -0.609. The third kappa shape index (κ3) is 5.13. The van der Waals surface area contributed by atoms with E-state index in [0.717, 1.165) is 6.07 Å². The van der Waals surface area contributed by atoms with Crippen LogP contribution in [0.3, 0.4) is 0 Å². The van der Waals surface area contributed by atoms with E-state index in [9.17, 15) is 34.4 Å². The molecule has 0 aromatic heterocycles. The Morgan fingerprint density at radius 1 is 0.939 bits per heavy atom. The summed E-state index contributed by atoms with van der Waals surface area (Å²) in [4.78, 5) is 24.2. The first-order valence-electron chi connectivity index (χ1n) is 10.1. The average Bonchev–Trinajstić information content (AvgIpc) is 2.83. The van der Waals surface area contributed by atoms with Crippen molar-refractivity contribution in [2.45, 2.75) is 30.7 Å². The second-order valence-corrected chi connectivity index (χ2v) is 7.42. The number of ether oxygens (including phenoxy) is 2. The van der Waals surface area contributed by atoms with Crippen LogP contribution in [0.5, 0.6) is 5.75 Å². The second kappa shape index (κ2) is 10.2. The van der Waals surface area contributed by atoms with Gasteiger partial charge in [0.1, 0.15) is 24.4 Å². The van der Waals surface area contributed by atoms with E-state index in [0.29, 0.717) is 11.1 Å². The first-order valence-corrected chi connectivity index (χ1v) is 10.1. The molecule has 2 aromatic rings. The van der Waals surface area contributed by atoms with Crippen molar-refractivity contribution in [2.75, 3.05) is 20.7 Å². The van der Waals surface area contributed by atoms with Crippen LogP contribution in [-0.4, -0.2) is 83.6 Å². The van der Waals surface area contributed by atoms with Gasteiger partial charge >= 0.3 is 0 Å². The van der Waals surface area contributed by atoms with Crippen LogP contribution in [0.25, 0.3) is 11.1 Å². The lowest BCUT2D eigenvalue weighted by Gasteiger charge is -2.39. The van der Waals surface area contributed by atoms with E-state index >= 15 is 0 Å². The van der Waals surface area contributed by atoms with Crippen LogP contribution in [-0.2, 0) is 4.74 Å². The predicted molar refractivity (Wildman–Crippen MR) is 113 cm³/mol. The van der Waals surface area contributed by atoms with Gasteiger partial charge in [0.2, 0.25) is 6.29 Å². The lowest BCUT2D eigenvalue weighted by Crippen LogP contribution is -2.60. The third-order valence-corrected chi connectivity index (χ3v) is 5.27. The van der Waals surface area contributed by atoms with Crippen LogP contribution < -0.4 is 15.4 Å². The summed E-state index contributed by atoms with van der Waals surface area (Å²) >= 11 is 0. The molecule has 0 aliphatic carbocycles. The van der Waals surface area contributed by atoms with Gasteiger partial charge in [-0.05, 0) is 41.5 Å². The van der Waals surface area contributed by atoms with Crippen molar-refractivity contribution < 1.29 is 43.9 Å². The molecule has 0 unspecified atom stereocenters. The van der Waals surface area contributed by atoms with E-state index in [1.807, 2.05) is 0 Å². The van der Waals surface area contributed by atoms with Gasteiger partial charge < -0.3 is 40.5 Å². The monoisotopic (exact) mass is 464 g/mol. The van der Waals surface area contributed by atoms with Crippen molar-refractivity contribution in [1.82, 2.24) is 10.6 Å². The van der Waals surface area contributed by atoms with Gasteiger partial charge in [-0.1, -0.05) is 6.07 Å². The molecule has 1 heterocycles. The maximum atomic E-state index is 14.8. The van der Waals surface area contributed by atoms with Gasteiger partial charge in [-0.3, -0.25) is 9.59 Å². The van der Waals surface area contributed by atoms with Crippen LogP contribution in [0.4, 0.5) is 4.39 Å². The molecule has 178 valence electrons. The summed E-state index contributed by atoms with van der Waals surface area (Å²) in [6.45, 7) is -0.651. The van der Waals surface area contributed by atoms with Gasteiger partial charge in [0.05, 0.1) is 6.61 Å². The fourth-order valence-electron chi connectivity index (χ4n) is 3.41. The molecule has 2 aromatic carbocycles. The molecule has 0 bridgehead atoms. The van der Waals surface area contributed by atoms with E-state index in [2.05, 4.69) is 10.6 Å². The van der Waals surface area contributed by atoms with Crippen LogP contribution in [0, 0.1) is 5.82 Å². The Kier molecular flexibility index (Phi) is 7.61. The number of carbonyl (C=O) groups excluding carboxylic acids is 2. The molecular formula is C22H25FN2O8. The van der Waals surface area contributed by atoms with Crippen molar-refractivity contribution in [3.05, 3.63) is 53.3 Å². The molecule has 2 amide bonds. The summed E-state index contributed by atoms with van der Waals surface area (Å²) in [5.74, 6) is -2.02. The first kappa shape index (κ1) is 24.6. The standard InChI is InChI=1S/C22H25FN2O8/c1-24-20(30)12-5-11(6-13(7-12)21(31)25-2)10-3-4-15(14(23)8-10)32-22-19(29)18(28)17(27)16(9-26)33-22/h3-8,16-19,22,26-29H,9H2,1-2H3,(H,24,30)(H,25,31)/t16-,17-,18+,19+,22+/m1/s1. The summed E-state index contributed by atoms with van der Waals surface area (Å²) < 4.78 is 25.4. The number of amides is 2. The van der Waals surface area contributed by atoms with Crippen LogP contribution in [0.1, 0.15) is 20.7 Å². The van der Waals surface area contributed by atoms with E-state index in [1.54, 1.807) is 0 Å². The molecule has 10 nitrogen and oxygen atoms in total. The van der Waals surface area contributed by atoms with E-state index in [-0.39, 0.29) is 16.9 Å². The van der Waals surface area contributed by atoms with Gasteiger partial charge in [0.15, 0.2) is 11.6 Å².